The second kappa shape index (κ2) is 13.2. The number of halogens is 1. The summed E-state index contributed by atoms with van der Waals surface area (Å²) < 4.78 is 5.42. The van der Waals surface area contributed by atoms with Gasteiger partial charge in [-0.15, -0.1) is 24.0 Å². The summed E-state index contributed by atoms with van der Waals surface area (Å²) in [6.45, 7) is 9.84. The minimum absolute atomic E-state index is 0. The Balaban J connectivity index is 0.00000529. The second-order valence-corrected chi connectivity index (χ2v) is 7.21. The van der Waals surface area contributed by atoms with Crippen LogP contribution in [0.4, 0.5) is 0 Å². The zero-order valence-electron chi connectivity index (χ0n) is 16.4. The van der Waals surface area contributed by atoms with Gasteiger partial charge in [0.1, 0.15) is 0 Å². The number of ether oxygens (including phenoxy) is 1. The van der Waals surface area contributed by atoms with Crippen molar-refractivity contribution in [3.05, 3.63) is 0 Å². The van der Waals surface area contributed by atoms with Crippen LogP contribution in [0.5, 0.6) is 0 Å². The topological polar surface area (TPSA) is 48.9 Å². The molecule has 0 aromatic rings. The molecule has 1 aliphatic carbocycles. The van der Waals surface area contributed by atoms with Crippen LogP contribution in [0.2, 0.25) is 0 Å². The highest BCUT2D eigenvalue weighted by atomic mass is 127. The van der Waals surface area contributed by atoms with Crippen LogP contribution in [-0.4, -0.2) is 62.8 Å². The summed E-state index contributed by atoms with van der Waals surface area (Å²) in [6.07, 6.45) is 8.12. The highest BCUT2D eigenvalue weighted by Crippen LogP contribution is 2.21. The third kappa shape index (κ3) is 10.0. The molecule has 2 N–H and O–H groups in total. The largest absolute Gasteiger partial charge is 0.377 e. The van der Waals surface area contributed by atoms with E-state index in [0.29, 0.717) is 6.54 Å². The molecule has 144 valence electrons. The Morgan fingerprint density at radius 3 is 2.46 bits per heavy atom. The second-order valence-electron chi connectivity index (χ2n) is 7.21. The number of nitrogens with zero attached hydrogens (tertiary/aromatic N) is 2. The molecule has 1 fully saturated rings. The normalized spacial score (nSPS) is 16.8. The first-order chi connectivity index (χ1) is 11.0. The van der Waals surface area contributed by atoms with Crippen molar-refractivity contribution in [2.24, 2.45) is 4.99 Å². The van der Waals surface area contributed by atoms with Crippen LogP contribution in [-0.2, 0) is 4.74 Å². The van der Waals surface area contributed by atoms with Crippen LogP contribution in [0.3, 0.4) is 0 Å². The van der Waals surface area contributed by atoms with Crippen molar-refractivity contribution in [3.63, 3.8) is 0 Å². The first-order valence-electron chi connectivity index (χ1n) is 9.26. The first-order valence-corrected chi connectivity index (χ1v) is 9.26. The number of methoxy groups -OCH3 is 1. The van der Waals surface area contributed by atoms with Crippen molar-refractivity contribution in [3.8, 4) is 0 Å². The van der Waals surface area contributed by atoms with E-state index in [1.54, 1.807) is 7.11 Å². The van der Waals surface area contributed by atoms with Crippen molar-refractivity contribution in [1.82, 2.24) is 15.5 Å². The summed E-state index contributed by atoms with van der Waals surface area (Å²) in [5.41, 5.74) is -0.219. The van der Waals surface area contributed by atoms with Gasteiger partial charge in [0.2, 0.25) is 0 Å². The number of aliphatic imine (C=N–C) groups is 1. The average Bonchev–Trinajstić information content (AvgIpc) is 2.57. The Morgan fingerprint density at radius 2 is 1.88 bits per heavy atom. The van der Waals surface area contributed by atoms with Crippen molar-refractivity contribution in [2.45, 2.75) is 70.9 Å². The van der Waals surface area contributed by atoms with Gasteiger partial charge in [-0.05, 0) is 53.6 Å². The molecule has 24 heavy (non-hydrogen) atoms. The van der Waals surface area contributed by atoms with Gasteiger partial charge in [0.25, 0.3) is 0 Å². The lowest BCUT2D eigenvalue weighted by molar-refractivity contribution is 0.0310. The van der Waals surface area contributed by atoms with Crippen LogP contribution in [0.1, 0.15) is 59.3 Å². The highest BCUT2D eigenvalue weighted by Gasteiger charge is 2.17. The molecule has 0 aromatic carbocycles. The van der Waals surface area contributed by atoms with Gasteiger partial charge in [0, 0.05) is 26.2 Å². The van der Waals surface area contributed by atoms with Crippen LogP contribution < -0.4 is 10.6 Å². The van der Waals surface area contributed by atoms with Crippen LogP contribution in [0.25, 0.3) is 0 Å². The summed E-state index contributed by atoms with van der Waals surface area (Å²) in [5.74, 6) is 0.887. The molecule has 0 aromatic heterocycles. The standard InChI is InChI=1S/C18H38N4O.HI/c1-6-19-17(21-15-18(2,3)23-5)20-13-10-14-22(4)16-11-8-7-9-12-16;/h16H,6-15H2,1-5H3,(H2,19,20,21);1H. The van der Waals surface area contributed by atoms with E-state index in [0.717, 1.165) is 38.1 Å². The van der Waals surface area contributed by atoms with Gasteiger partial charge in [-0.25, -0.2) is 0 Å². The molecule has 0 heterocycles. The number of hydrogen-bond donors (Lipinski definition) is 2. The summed E-state index contributed by atoms with van der Waals surface area (Å²) >= 11 is 0. The van der Waals surface area contributed by atoms with E-state index in [1.165, 1.54) is 32.1 Å². The predicted octanol–water partition coefficient (Wildman–Crippen LogP) is 3.24. The van der Waals surface area contributed by atoms with Gasteiger partial charge in [0.15, 0.2) is 5.96 Å². The van der Waals surface area contributed by atoms with Gasteiger partial charge in [-0.2, -0.15) is 0 Å². The molecular formula is C18H39IN4O. The van der Waals surface area contributed by atoms with E-state index in [2.05, 4.69) is 48.3 Å². The van der Waals surface area contributed by atoms with Gasteiger partial charge in [-0.1, -0.05) is 19.3 Å². The highest BCUT2D eigenvalue weighted by molar-refractivity contribution is 14.0. The third-order valence-electron chi connectivity index (χ3n) is 4.69. The molecule has 0 radical (unpaired) electrons. The van der Waals surface area contributed by atoms with Crippen molar-refractivity contribution < 1.29 is 4.74 Å². The SMILES string of the molecule is CCNC(=NCC(C)(C)OC)NCCCN(C)C1CCCCC1.I. The maximum Gasteiger partial charge on any atom is 0.191 e. The zero-order chi connectivity index (χ0) is 17.1. The van der Waals surface area contributed by atoms with Gasteiger partial charge in [0.05, 0.1) is 12.1 Å². The molecule has 1 rings (SSSR count). The van der Waals surface area contributed by atoms with Crippen LogP contribution >= 0.6 is 24.0 Å². The molecular weight excluding hydrogens is 415 g/mol. The summed E-state index contributed by atoms with van der Waals surface area (Å²) in [6, 6.07) is 0.799. The Labute approximate surface area is 166 Å². The molecule has 1 aliphatic rings. The van der Waals surface area contributed by atoms with E-state index in [-0.39, 0.29) is 29.6 Å². The minimum atomic E-state index is -0.219. The van der Waals surface area contributed by atoms with Gasteiger partial charge < -0.3 is 20.3 Å². The van der Waals surface area contributed by atoms with E-state index in [9.17, 15) is 0 Å². The molecule has 0 atom stereocenters. The molecule has 5 nitrogen and oxygen atoms in total. The molecule has 0 amide bonds. The molecule has 0 saturated heterocycles. The average molecular weight is 454 g/mol. The smallest absolute Gasteiger partial charge is 0.191 e. The Kier molecular flexibility index (Phi) is 13.1. The quantitative estimate of drug-likeness (QED) is 0.243. The zero-order valence-corrected chi connectivity index (χ0v) is 18.7. The lowest BCUT2D eigenvalue weighted by atomic mass is 9.94. The first kappa shape index (κ1) is 23.9. The maximum absolute atomic E-state index is 5.42. The number of nitrogens with one attached hydrogen (secondary N) is 2. The number of guanidine groups is 1. The predicted molar refractivity (Wildman–Crippen MR) is 115 cm³/mol. The Morgan fingerprint density at radius 1 is 1.21 bits per heavy atom. The molecule has 0 aliphatic heterocycles. The van der Waals surface area contributed by atoms with Gasteiger partial charge >= 0.3 is 0 Å². The summed E-state index contributed by atoms with van der Waals surface area (Å²) in [5, 5.41) is 6.73. The number of rotatable bonds is 9. The molecule has 0 spiro atoms. The molecule has 1 saturated carbocycles. The molecule has 0 bridgehead atoms. The van der Waals surface area contributed by atoms with Crippen molar-refractivity contribution in [2.75, 3.05) is 40.3 Å². The van der Waals surface area contributed by atoms with Crippen LogP contribution in [0, 0.1) is 0 Å². The van der Waals surface area contributed by atoms with Gasteiger partial charge in [-0.3, -0.25) is 4.99 Å². The van der Waals surface area contributed by atoms with E-state index < -0.39 is 0 Å². The minimum Gasteiger partial charge on any atom is -0.377 e. The Hall–Kier alpha value is -0.0800. The fourth-order valence-corrected chi connectivity index (χ4v) is 2.92. The lowest BCUT2D eigenvalue weighted by Gasteiger charge is -2.31. The third-order valence-corrected chi connectivity index (χ3v) is 4.69. The maximum atomic E-state index is 5.42. The fourth-order valence-electron chi connectivity index (χ4n) is 2.92. The van der Waals surface area contributed by atoms with E-state index >= 15 is 0 Å². The molecule has 6 heteroatoms. The van der Waals surface area contributed by atoms with Crippen molar-refractivity contribution >= 4 is 29.9 Å². The number of hydrogen-bond acceptors (Lipinski definition) is 3. The van der Waals surface area contributed by atoms with E-state index in [4.69, 9.17) is 4.74 Å². The monoisotopic (exact) mass is 454 g/mol. The van der Waals surface area contributed by atoms with E-state index in [1.807, 2.05) is 0 Å². The molecule has 0 unspecified atom stereocenters. The Bertz CT molecular complexity index is 344. The summed E-state index contributed by atoms with van der Waals surface area (Å²) in [7, 11) is 4.01. The van der Waals surface area contributed by atoms with Crippen molar-refractivity contribution in [1.29, 1.82) is 0 Å². The summed E-state index contributed by atoms with van der Waals surface area (Å²) in [4.78, 5) is 7.16. The lowest BCUT2D eigenvalue weighted by Crippen LogP contribution is -2.41. The fraction of sp³-hybridized carbons (Fsp3) is 0.944. The van der Waals surface area contributed by atoms with Crippen LogP contribution in [0.15, 0.2) is 4.99 Å².